The lowest BCUT2D eigenvalue weighted by Crippen LogP contribution is -2.15. The molecule has 6 nitrogen and oxygen atoms in total. The van der Waals surface area contributed by atoms with Crippen molar-refractivity contribution >= 4 is 17.3 Å². The van der Waals surface area contributed by atoms with Crippen LogP contribution in [-0.2, 0) is 0 Å². The number of nitrogens with one attached hydrogen (secondary N) is 1. The van der Waals surface area contributed by atoms with E-state index in [1.54, 1.807) is 31.2 Å². The molecule has 22 heavy (non-hydrogen) atoms. The van der Waals surface area contributed by atoms with Gasteiger partial charge in [0.25, 0.3) is 11.6 Å². The van der Waals surface area contributed by atoms with Gasteiger partial charge in [0.05, 0.1) is 17.7 Å². The van der Waals surface area contributed by atoms with Crippen LogP contribution < -0.4 is 10.1 Å². The number of nitrogens with zero attached hydrogens (tertiary/aromatic N) is 1. The number of hydrogen-bond acceptors (Lipinski definition) is 4. The summed E-state index contributed by atoms with van der Waals surface area (Å²) in [6.07, 6.45) is 0. The van der Waals surface area contributed by atoms with Gasteiger partial charge in [-0.2, -0.15) is 0 Å². The Bertz CT molecular complexity index is 741. The number of methoxy groups -OCH3 is 1. The highest BCUT2D eigenvalue weighted by Gasteiger charge is 2.23. The third-order valence-electron chi connectivity index (χ3n) is 3.27. The quantitative estimate of drug-likeness (QED) is 0.692. The summed E-state index contributed by atoms with van der Waals surface area (Å²) in [5.74, 6) is -0.0405. The minimum absolute atomic E-state index is 0.0210. The van der Waals surface area contributed by atoms with Crippen molar-refractivity contribution in [1.82, 2.24) is 0 Å². The van der Waals surface area contributed by atoms with Crippen LogP contribution in [0.1, 0.15) is 21.5 Å². The van der Waals surface area contributed by atoms with Gasteiger partial charge < -0.3 is 10.1 Å². The summed E-state index contributed by atoms with van der Waals surface area (Å²) in [6.45, 7) is 3.50. The van der Waals surface area contributed by atoms with Gasteiger partial charge in [-0.15, -0.1) is 0 Å². The number of nitro benzene ring substituents is 1. The van der Waals surface area contributed by atoms with Gasteiger partial charge in [0.1, 0.15) is 11.3 Å². The van der Waals surface area contributed by atoms with E-state index in [0.29, 0.717) is 17.0 Å². The zero-order chi connectivity index (χ0) is 16.3. The van der Waals surface area contributed by atoms with Crippen molar-refractivity contribution in [3.63, 3.8) is 0 Å². The molecule has 0 unspecified atom stereocenters. The lowest BCUT2D eigenvalue weighted by molar-refractivity contribution is -0.385. The van der Waals surface area contributed by atoms with Crippen LogP contribution in [0.3, 0.4) is 0 Å². The van der Waals surface area contributed by atoms with Crippen molar-refractivity contribution in [3.05, 3.63) is 63.2 Å². The van der Waals surface area contributed by atoms with E-state index in [2.05, 4.69) is 5.32 Å². The average molecular weight is 300 g/mol. The summed E-state index contributed by atoms with van der Waals surface area (Å²) in [5, 5.41) is 13.8. The summed E-state index contributed by atoms with van der Waals surface area (Å²) in [4.78, 5) is 23.0. The van der Waals surface area contributed by atoms with Crippen LogP contribution in [0.2, 0.25) is 0 Å². The molecule has 6 heteroatoms. The second-order valence-electron chi connectivity index (χ2n) is 4.89. The van der Waals surface area contributed by atoms with Crippen molar-refractivity contribution in [2.45, 2.75) is 13.8 Å². The number of anilines is 1. The molecule has 0 spiro atoms. The molecule has 0 aliphatic carbocycles. The van der Waals surface area contributed by atoms with Crippen molar-refractivity contribution in [1.29, 1.82) is 0 Å². The third kappa shape index (κ3) is 3.06. The summed E-state index contributed by atoms with van der Waals surface area (Å²) < 4.78 is 5.22. The van der Waals surface area contributed by atoms with Crippen molar-refractivity contribution < 1.29 is 14.5 Å². The predicted octanol–water partition coefficient (Wildman–Crippen LogP) is 3.47. The molecular formula is C16H16N2O4. The topological polar surface area (TPSA) is 81.5 Å². The Kier molecular flexibility index (Phi) is 4.41. The smallest absolute Gasteiger partial charge is 0.285 e. The number of aryl methyl sites for hydroxylation is 2. The Balaban J connectivity index is 2.39. The number of carbonyl (C=O) groups excluding carboxylic acids is 1. The first-order chi connectivity index (χ1) is 10.4. The van der Waals surface area contributed by atoms with Crippen molar-refractivity contribution in [2.24, 2.45) is 0 Å². The van der Waals surface area contributed by atoms with Gasteiger partial charge in [0.2, 0.25) is 0 Å². The summed E-state index contributed by atoms with van der Waals surface area (Å²) >= 11 is 0. The largest absolute Gasteiger partial charge is 0.495 e. The van der Waals surface area contributed by atoms with Crippen LogP contribution >= 0.6 is 0 Å². The molecule has 1 N–H and O–H groups in total. The van der Waals surface area contributed by atoms with Crippen LogP contribution in [-0.4, -0.2) is 17.9 Å². The van der Waals surface area contributed by atoms with Crippen LogP contribution in [0.15, 0.2) is 36.4 Å². The second kappa shape index (κ2) is 6.26. The summed E-state index contributed by atoms with van der Waals surface area (Å²) in [6, 6.07) is 9.95. The number of hydrogen-bond donors (Lipinski definition) is 1. The molecule has 2 rings (SSSR count). The molecule has 0 radical (unpaired) electrons. The molecule has 0 saturated carbocycles. The Morgan fingerprint density at radius 2 is 1.95 bits per heavy atom. The molecule has 0 aliphatic heterocycles. The van der Waals surface area contributed by atoms with E-state index in [1.165, 1.54) is 13.2 Å². The van der Waals surface area contributed by atoms with E-state index in [1.807, 2.05) is 13.0 Å². The SMILES string of the molecule is COc1cc(C)ccc1NC(=O)c1cccc(C)c1[N+](=O)[O-]. The van der Waals surface area contributed by atoms with E-state index < -0.39 is 10.8 Å². The highest BCUT2D eigenvalue weighted by Crippen LogP contribution is 2.28. The molecule has 114 valence electrons. The molecule has 1 amide bonds. The summed E-state index contributed by atoms with van der Waals surface area (Å²) in [7, 11) is 1.50. The average Bonchev–Trinajstić information content (AvgIpc) is 2.48. The fourth-order valence-electron chi connectivity index (χ4n) is 2.18. The van der Waals surface area contributed by atoms with Gasteiger partial charge >= 0.3 is 0 Å². The Morgan fingerprint density at radius 3 is 2.59 bits per heavy atom. The minimum atomic E-state index is -0.545. The zero-order valence-corrected chi connectivity index (χ0v) is 12.5. The molecule has 0 heterocycles. The molecule has 0 atom stereocenters. The maximum Gasteiger partial charge on any atom is 0.285 e. The van der Waals surface area contributed by atoms with Gasteiger partial charge in [-0.05, 0) is 37.6 Å². The molecule has 0 bridgehead atoms. The first kappa shape index (κ1) is 15.5. The number of para-hydroxylation sites is 1. The van der Waals surface area contributed by atoms with Crippen LogP contribution in [0.25, 0.3) is 0 Å². The van der Waals surface area contributed by atoms with E-state index in [9.17, 15) is 14.9 Å². The van der Waals surface area contributed by atoms with Gasteiger partial charge in [0, 0.05) is 5.56 Å². The van der Waals surface area contributed by atoms with Crippen LogP contribution in [0.4, 0.5) is 11.4 Å². The van der Waals surface area contributed by atoms with Gasteiger partial charge in [-0.3, -0.25) is 14.9 Å². The number of ether oxygens (including phenoxy) is 1. The molecule has 2 aromatic rings. The molecule has 0 aromatic heterocycles. The Hall–Kier alpha value is -2.89. The van der Waals surface area contributed by atoms with Gasteiger partial charge in [-0.25, -0.2) is 0 Å². The first-order valence-electron chi connectivity index (χ1n) is 6.64. The summed E-state index contributed by atoms with van der Waals surface area (Å²) in [5.41, 5.74) is 1.72. The van der Waals surface area contributed by atoms with Crippen molar-refractivity contribution in [3.8, 4) is 5.75 Å². The Labute approximate surface area is 127 Å². The van der Waals surface area contributed by atoms with Gasteiger partial charge in [0.15, 0.2) is 0 Å². The minimum Gasteiger partial charge on any atom is -0.495 e. The van der Waals surface area contributed by atoms with Gasteiger partial charge in [-0.1, -0.05) is 18.2 Å². The predicted molar refractivity (Wildman–Crippen MR) is 83.5 cm³/mol. The first-order valence-corrected chi connectivity index (χ1v) is 6.64. The lowest BCUT2D eigenvalue weighted by Gasteiger charge is -2.11. The van der Waals surface area contributed by atoms with Crippen LogP contribution in [0, 0.1) is 24.0 Å². The number of nitro groups is 1. The highest BCUT2D eigenvalue weighted by atomic mass is 16.6. The fraction of sp³-hybridized carbons (Fsp3) is 0.188. The van der Waals surface area contributed by atoms with E-state index in [4.69, 9.17) is 4.74 Å². The fourth-order valence-corrected chi connectivity index (χ4v) is 2.18. The molecule has 2 aromatic carbocycles. The normalized spacial score (nSPS) is 10.1. The number of carbonyl (C=O) groups is 1. The standard InChI is InChI=1S/C16H16N2O4/c1-10-7-8-13(14(9-10)22-3)17-16(19)12-6-4-5-11(2)15(12)18(20)21/h4-9H,1-3H3,(H,17,19). The number of benzene rings is 2. The zero-order valence-electron chi connectivity index (χ0n) is 12.5. The van der Waals surface area contributed by atoms with Crippen LogP contribution in [0.5, 0.6) is 5.75 Å². The Morgan fingerprint density at radius 1 is 1.23 bits per heavy atom. The molecule has 0 fully saturated rings. The number of amides is 1. The third-order valence-corrected chi connectivity index (χ3v) is 3.27. The van der Waals surface area contributed by atoms with E-state index >= 15 is 0 Å². The maximum absolute atomic E-state index is 12.4. The highest BCUT2D eigenvalue weighted by molar-refractivity contribution is 6.08. The monoisotopic (exact) mass is 300 g/mol. The molecular weight excluding hydrogens is 284 g/mol. The van der Waals surface area contributed by atoms with Crippen molar-refractivity contribution in [2.75, 3.05) is 12.4 Å². The van der Waals surface area contributed by atoms with E-state index in [0.717, 1.165) is 5.56 Å². The molecule has 0 aliphatic rings. The van der Waals surface area contributed by atoms with E-state index in [-0.39, 0.29) is 11.3 Å². The lowest BCUT2D eigenvalue weighted by atomic mass is 10.1. The second-order valence-corrected chi connectivity index (χ2v) is 4.89. The molecule has 0 saturated heterocycles. The number of rotatable bonds is 4. The maximum atomic E-state index is 12.4.